The molecule has 2 aromatic carbocycles. The third-order valence-corrected chi connectivity index (χ3v) is 5.87. The molecule has 2 saturated heterocycles. The largest absolute Gasteiger partial charge is 0.456 e. The molecule has 6 heteroatoms. The zero-order chi connectivity index (χ0) is 18.1. The minimum atomic E-state index is -0.0383. The molecule has 2 aromatic rings. The number of piperidine rings is 1. The maximum atomic E-state index is 12.5. The molecule has 136 valence electrons. The van der Waals surface area contributed by atoms with Gasteiger partial charge >= 0.3 is 0 Å². The molecule has 0 aromatic heterocycles. The summed E-state index contributed by atoms with van der Waals surface area (Å²) in [5, 5.41) is 7.56. The van der Waals surface area contributed by atoms with Crippen molar-refractivity contribution in [1.29, 1.82) is 0 Å². The Morgan fingerprint density at radius 3 is 2.42 bits per heavy atom. The molecule has 2 heterocycles. The number of ether oxygens (including phenoxy) is 1. The van der Waals surface area contributed by atoms with Crippen LogP contribution < -0.4 is 15.4 Å². The molecule has 2 atom stereocenters. The van der Waals surface area contributed by atoms with Crippen molar-refractivity contribution in [1.82, 2.24) is 10.6 Å². The molecule has 26 heavy (non-hydrogen) atoms. The first-order chi connectivity index (χ1) is 12.6. The second kappa shape index (κ2) is 7.47. The van der Waals surface area contributed by atoms with Crippen LogP contribution in [0.5, 0.6) is 11.5 Å². The van der Waals surface area contributed by atoms with Crippen molar-refractivity contribution in [3.05, 3.63) is 58.1 Å². The second-order valence-electron chi connectivity index (χ2n) is 6.96. The average Bonchev–Trinajstić information content (AvgIpc) is 2.98. The summed E-state index contributed by atoms with van der Waals surface area (Å²) in [5.41, 5.74) is 0.625. The molecule has 2 aliphatic heterocycles. The van der Waals surface area contributed by atoms with Gasteiger partial charge in [-0.3, -0.25) is 4.79 Å². The van der Waals surface area contributed by atoms with Crippen LogP contribution in [0.15, 0.2) is 42.5 Å². The number of carbonyl (C=O) groups is 1. The Kier molecular flexibility index (Phi) is 5.07. The smallest absolute Gasteiger partial charge is 0.251 e. The Balaban J connectivity index is 1.39. The summed E-state index contributed by atoms with van der Waals surface area (Å²) in [5.74, 6) is 1.05. The zero-order valence-corrected chi connectivity index (χ0v) is 15.7. The number of carbonyl (C=O) groups excluding carboxylic acids is 1. The van der Waals surface area contributed by atoms with E-state index in [9.17, 15) is 4.79 Å². The Labute approximate surface area is 162 Å². The van der Waals surface area contributed by atoms with Gasteiger partial charge in [0.2, 0.25) is 0 Å². The summed E-state index contributed by atoms with van der Waals surface area (Å²) in [6.07, 6.45) is 4.46. The molecule has 2 unspecified atom stereocenters. The minimum Gasteiger partial charge on any atom is -0.456 e. The highest BCUT2D eigenvalue weighted by Gasteiger charge is 2.34. The van der Waals surface area contributed by atoms with Gasteiger partial charge < -0.3 is 15.4 Å². The molecule has 1 amide bonds. The molecule has 0 saturated carbocycles. The number of amides is 1. The lowest BCUT2D eigenvalue weighted by Gasteiger charge is -2.29. The van der Waals surface area contributed by atoms with E-state index in [1.54, 1.807) is 42.5 Å². The first-order valence-corrected chi connectivity index (χ1v) is 9.63. The van der Waals surface area contributed by atoms with Crippen molar-refractivity contribution in [2.75, 3.05) is 0 Å². The molecule has 2 aliphatic rings. The Bertz CT molecular complexity index is 798. The summed E-state index contributed by atoms with van der Waals surface area (Å²) in [7, 11) is 0. The van der Waals surface area contributed by atoms with E-state index in [0.29, 0.717) is 39.2 Å². The Morgan fingerprint density at radius 1 is 1.04 bits per heavy atom. The van der Waals surface area contributed by atoms with Gasteiger partial charge in [-0.15, -0.1) is 0 Å². The molecular weight excluding hydrogens is 371 g/mol. The van der Waals surface area contributed by atoms with Gasteiger partial charge in [0.1, 0.15) is 16.5 Å². The molecule has 0 aliphatic carbocycles. The Hall–Kier alpha value is -1.75. The van der Waals surface area contributed by atoms with Gasteiger partial charge in [0.05, 0.1) is 5.02 Å². The second-order valence-corrected chi connectivity index (χ2v) is 7.74. The van der Waals surface area contributed by atoms with E-state index in [-0.39, 0.29) is 11.9 Å². The van der Waals surface area contributed by atoms with E-state index in [1.807, 2.05) is 0 Å². The predicted octanol–water partition coefficient (Wildman–Crippen LogP) is 4.80. The van der Waals surface area contributed by atoms with Gasteiger partial charge in [-0.1, -0.05) is 29.3 Å². The maximum absolute atomic E-state index is 12.5. The van der Waals surface area contributed by atoms with Gasteiger partial charge in [0.15, 0.2) is 0 Å². The van der Waals surface area contributed by atoms with Gasteiger partial charge in [0, 0.05) is 23.7 Å². The van der Waals surface area contributed by atoms with Crippen LogP contribution in [0.4, 0.5) is 0 Å². The lowest BCUT2D eigenvalue weighted by Crippen LogP contribution is -2.48. The van der Waals surface area contributed by atoms with E-state index in [2.05, 4.69) is 10.6 Å². The molecule has 2 N–H and O–H groups in total. The number of nitrogens with one attached hydrogen (secondary N) is 2. The SMILES string of the molecule is O=C(NC1CC2CCC(C1)N2)c1ccc(Oc2cccc(Cl)c2Cl)cc1. The highest BCUT2D eigenvalue weighted by Crippen LogP contribution is 2.34. The summed E-state index contributed by atoms with van der Waals surface area (Å²) < 4.78 is 5.75. The monoisotopic (exact) mass is 390 g/mol. The van der Waals surface area contributed by atoms with Crippen LogP contribution in [0, 0.1) is 0 Å². The van der Waals surface area contributed by atoms with Crippen molar-refractivity contribution < 1.29 is 9.53 Å². The van der Waals surface area contributed by atoms with Gasteiger partial charge in [-0.25, -0.2) is 0 Å². The van der Waals surface area contributed by atoms with Gasteiger partial charge in [-0.05, 0) is 62.1 Å². The third-order valence-electron chi connectivity index (χ3n) is 5.07. The molecule has 0 radical (unpaired) electrons. The highest BCUT2D eigenvalue weighted by molar-refractivity contribution is 6.42. The number of benzene rings is 2. The standard InChI is InChI=1S/C20H20Cl2N2O2/c21-17-2-1-3-18(19(17)22)26-16-8-4-12(5-9-16)20(25)24-15-10-13-6-7-14(11-15)23-13/h1-5,8-9,13-15,23H,6-7,10-11H2,(H,24,25). The number of rotatable bonds is 4. The number of hydrogen-bond donors (Lipinski definition) is 2. The van der Waals surface area contributed by atoms with Crippen molar-refractivity contribution in [3.8, 4) is 11.5 Å². The predicted molar refractivity (Wildman–Crippen MR) is 103 cm³/mol. The molecule has 4 nitrogen and oxygen atoms in total. The molecule has 2 bridgehead atoms. The van der Waals surface area contributed by atoms with Crippen molar-refractivity contribution in [2.45, 2.75) is 43.8 Å². The first kappa shape index (κ1) is 17.7. The maximum Gasteiger partial charge on any atom is 0.251 e. The van der Waals surface area contributed by atoms with Crippen LogP contribution in [0.3, 0.4) is 0 Å². The van der Waals surface area contributed by atoms with E-state index >= 15 is 0 Å². The molecule has 4 rings (SSSR count). The minimum absolute atomic E-state index is 0.0383. The van der Waals surface area contributed by atoms with E-state index in [0.717, 1.165) is 12.8 Å². The Morgan fingerprint density at radius 2 is 1.73 bits per heavy atom. The summed E-state index contributed by atoms with van der Waals surface area (Å²) in [6.45, 7) is 0. The van der Waals surface area contributed by atoms with Gasteiger partial charge in [-0.2, -0.15) is 0 Å². The fourth-order valence-electron chi connectivity index (χ4n) is 3.81. The van der Waals surface area contributed by atoms with Crippen LogP contribution >= 0.6 is 23.2 Å². The number of halogens is 2. The summed E-state index contributed by atoms with van der Waals surface area (Å²) in [6, 6.07) is 13.6. The van der Waals surface area contributed by atoms with Gasteiger partial charge in [0.25, 0.3) is 5.91 Å². The van der Waals surface area contributed by atoms with Crippen molar-refractivity contribution in [2.24, 2.45) is 0 Å². The zero-order valence-electron chi connectivity index (χ0n) is 14.2. The normalized spacial score (nSPS) is 24.3. The van der Waals surface area contributed by atoms with Crippen LogP contribution in [0.2, 0.25) is 10.0 Å². The number of hydrogen-bond acceptors (Lipinski definition) is 3. The first-order valence-electron chi connectivity index (χ1n) is 8.87. The summed E-state index contributed by atoms with van der Waals surface area (Å²) in [4.78, 5) is 12.5. The van der Waals surface area contributed by atoms with Crippen LogP contribution in [-0.2, 0) is 0 Å². The number of fused-ring (bicyclic) bond motifs is 2. The fraction of sp³-hybridized carbons (Fsp3) is 0.350. The van der Waals surface area contributed by atoms with Crippen LogP contribution in [0.1, 0.15) is 36.0 Å². The quantitative estimate of drug-likeness (QED) is 0.787. The topological polar surface area (TPSA) is 50.4 Å². The molecule has 0 spiro atoms. The fourth-order valence-corrected chi connectivity index (χ4v) is 4.14. The lowest BCUT2D eigenvalue weighted by molar-refractivity contribution is 0.0924. The highest BCUT2D eigenvalue weighted by atomic mass is 35.5. The van der Waals surface area contributed by atoms with E-state index < -0.39 is 0 Å². The van der Waals surface area contributed by atoms with Crippen molar-refractivity contribution >= 4 is 29.1 Å². The summed E-state index contributed by atoms with van der Waals surface area (Å²) >= 11 is 12.1. The lowest BCUT2D eigenvalue weighted by atomic mass is 9.99. The molecular formula is C20H20Cl2N2O2. The van der Waals surface area contributed by atoms with Crippen LogP contribution in [0.25, 0.3) is 0 Å². The molecule has 2 fully saturated rings. The third kappa shape index (κ3) is 3.83. The van der Waals surface area contributed by atoms with Crippen molar-refractivity contribution in [3.63, 3.8) is 0 Å². The van der Waals surface area contributed by atoms with Crippen LogP contribution in [-0.4, -0.2) is 24.0 Å². The van der Waals surface area contributed by atoms with E-state index in [4.69, 9.17) is 27.9 Å². The average molecular weight is 391 g/mol. The van der Waals surface area contributed by atoms with E-state index in [1.165, 1.54) is 12.8 Å².